The molecular weight excluding hydrogens is 244 g/mol. The number of carbonyl (C=O) groups is 1. The number of rotatable bonds is 5. The molecule has 0 heterocycles. The van der Waals surface area contributed by atoms with Gasteiger partial charge in [-0.25, -0.2) is 4.79 Å². The van der Waals surface area contributed by atoms with Crippen LogP contribution in [-0.4, -0.2) is 32.3 Å². The van der Waals surface area contributed by atoms with Crippen molar-refractivity contribution in [3.05, 3.63) is 23.3 Å². The lowest BCUT2D eigenvalue weighted by Gasteiger charge is -2.27. The molecule has 5 heteroatoms. The third kappa shape index (κ3) is 3.86. The maximum atomic E-state index is 11.7. The summed E-state index contributed by atoms with van der Waals surface area (Å²) < 4.78 is 9.89. The number of aryl methyl sites for hydroxylation is 1. The molecule has 0 saturated heterocycles. The average Bonchev–Trinajstić information content (AvgIpc) is 2.32. The van der Waals surface area contributed by atoms with Gasteiger partial charge in [0.2, 0.25) is 0 Å². The zero-order chi connectivity index (χ0) is 14.6. The topological polar surface area (TPSA) is 73.6 Å². The Kier molecular flexibility index (Phi) is 4.78. The number of hydrogen-bond acceptors (Lipinski definition) is 5. The van der Waals surface area contributed by atoms with E-state index in [-0.39, 0.29) is 5.54 Å². The standard InChI is InChI=1S/C14H22N2O3/c1-9-6-10(16-14(2,3)8-18-4)7-11(12(9)15)13(17)19-5/h6-7,16H,8,15H2,1-5H3. The van der Waals surface area contributed by atoms with E-state index in [1.165, 1.54) is 7.11 Å². The molecule has 3 N–H and O–H groups in total. The fourth-order valence-corrected chi connectivity index (χ4v) is 1.94. The van der Waals surface area contributed by atoms with Crippen molar-refractivity contribution in [3.8, 4) is 0 Å². The van der Waals surface area contributed by atoms with Crippen LogP contribution in [-0.2, 0) is 9.47 Å². The van der Waals surface area contributed by atoms with Gasteiger partial charge in [0.15, 0.2) is 0 Å². The Morgan fingerprint density at radius 2 is 2.00 bits per heavy atom. The van der Waals surface area contributed by atoms with Crippen LogP contribution in [0, 0.1) is 6.92 Å². The normalized spacial score (nSPS) is 11.2. The second-order valence-corrected chi connectivity index (χ2v) is 5.19. The lowest BCUT2D eigenvalue weighted by atomic mass is 10.0. The van der Waals surface area contributed by atoms with Gasteiger partial charge in [0.1, 0.15) is 0 Å². The molecule has 1 rings (SSSR count). The number of ether oxygens (including phenoxy) is 2. The summed E-state index contributed by atoms with van der Waals surface area (Å²) in [4.78, 5) is 11.7. The van der Waals surface area contributed by atoms with Crippen LogP contribution in [0.5, 0.6) is 0 Å². The van der Waals surface area contributed by atoms with Gasteiger partial charge in [0.05, 0.1) is 24.8 Å². The predicted molar refractivity (Wildman–Crippen MR) is 76.5 cm³/mol. The van der Waals surface area contributed by atoms with Crippen LogP contribution >= 0.6 is 0 Å². The van der Waals surface area contributed by atoms with E-state index in [4.69, 9.17) is 15.2 Å². The fraction of sp³-hybridized carbons (Fsp3) is 0.500. The van der Waals surface area contributed by atoms with Gasteiger partial charge < -0.3 is 20.5 Å². The molecule has 0 aliphatic rings. The highest BCUT2D eigenvalue weighted by Gasteiger charge is 2.19. The van der Waals surface area contributed by atoms with E-state index in [2.05, 4.69) is 5.32 Å². The Balaban J connectivity index is 3.10. The van der Waals surface area contributed by atoms with Crippen LogP contribution in [0.1, 0.15) is 29.8 Å². The van der Waals surface area contributed by atoms with Crippen molar-refractivity contribution < 1.29 is 14.3 Å². The van der Waals surface area contributed by atoms with Crippen LogP contribution in [0.2, 0.25) is 0 Å². The maximum absolute atomic E-state index is 11.7. The summed E-state index contributed by atoms with van der Waals surface area (Å²) in [6.45, 7) is 6.43. The van der Waals surface area contributed by atoms with Crippen LogP contribution in [0.4, 0.5) is 11.4 Å². The number of anilines is 2. The van der Waals surface area contributed by atoms with Gasteiger partial charge in [-0.15, -0.1) is 0 Å². The number of carbonyl (C=O) groups excluding carboxylic acids is 1. The Hall–Kier alpha value is -1.75. The number of nitrogens with one attached hydrogen (secondary N) is 1. The Morgan fingerprint density at radius 1 is 1.37 bits per heavy atom. The van der Waals surface area contributed by atoms with Gasteiger partial charge in [0, 0.05) is 18.5 Å². The molecule has 5 nitrogen and oxygen atoms in total. The molecule has 0 spiro atoms. The van der Waals surface area contributed by atoms with Crippen molar-refractivity contribution >= 4 is 17.3 Å². The zero-order valence-electron chi connectivity index (χ0n) is 12.2. The number of nitrogen functional groups attached to an aromatic ring is 1. The van der Waals surface area contributed by atoms with Gasteiger partial charge >= 0.3 is 5.97 Å². The highest BCUT2D eigenvalue weighted by Crippen LogP contribution is 2.25. The number of hydrogen-bond donors (Lipinski definition) is 2. The molecule has 19 heavy (non-hydrogen) atoms. The van der Waals surface area contributed by atoms with E-state index in [0.29, 0.717) is 17.9 Å². The van der Waals surface area contributed by atoms with Crippen molar-refractivity contribution in [3.63, 3.8) is 0 Å². The lowest BCUT2D eigenvalue weighted by Crippen LogP contribution is -2.36. The fourth-order valence-electron chi connectivity index (χ4n) is 1.94. The minimum atomic E-state index is -0.436. The van der Waals surface area contributed by atoms with Crippen LogP contribution in [0.15, 0.2) is 12.1 Å². The number of methoxy groups -OCH3 is 2. The zero-order valence-corrected chi connectivity index (χ0v) is 12.2. The predicted octanol–water partition coefficient (Wildman–Crippen LogP) is 2.20. The van der Waals surface area contributed by atoms with E-state index < -0.39 is 5.97 Å². The molecule has 0 fully saturated rings. The van der Waals surface area contributed by atoms with Gasteiger partial charge in [-0.2, -0.15) is 0 Å². The SMILES string of the molecule is COCC(C)(C)Nc1cc(C)c(N)c(C(=O)OC)c1. The number of esters is 1. The van der Waals surface area contributed by atoms with Crippen molar-refractivity contribution in [1.29, 1.82) is 0 Å². The largest absolute Gasteiger partial charge is 0.465 e. The average molecular weight is 266 g/mol. The first kappa shape index (κ1) is 15.3. The van der Waals surface area contributed by atoms with Crippen molar-refractivity contribution in [2.45, 2.75) is 26.3 Å². The summed E-state index contributed by atoms with van der Waals surface area (Å²) >= 11 is 0. The molecule has 106 valence electrons. The lowest BCUT2D eigenvalue weighted by molar-refractivity contribution is 0.0602. The molecule has 1 aromatic rings. The maximum Gasteiger partial charge on any atom is 0.340 e. The number of benzene rings is 1. The smallest absolute Gasteiger partial charge is 0.340 e. The van der Waals surface area contributed by atoms with Gasteiger partial charge in [-0.3, -0.25) is 0 Å². The van der Waals surface area contributed by atoms with Gasteiger partial charge in [-0.1, -0.05) is 0 Å². The van der Waals surface area contributed by atoms with E-state index in [1.807, 2.05) is 26.8 Å². The van der Waals surface area contributed by atoms with E-state index in [0.717, 1.165) is 11.3 Å². The van der Waals surface area contributed by atoms with Gasteiger partial charge in [0.25, 0.3) is 0 Å². The highest BCUT2D eigenvalue weighted by molar-refractivity contribution is 5.97. The van der Waals surface area contributed by atoms with Crippen molar-refractivity contribution in [2.24, 2.45) is 0 Å². The molecule has 0 aromatic heterocycles. The second-order valence-electron chi connectivity index (χ2n) is 5.19. The molecular formula is C14H22N2O3. The van der Waals surface area contributed by atoms with Crippen LogP contribution in [0.25, 0.3) is 0 Å². The highest BCUT2D eigenvalue weighted by atomic mass is 16.5. The molecule has 0 unspecified atom stereocenters. The third-order valence-corrected chi connectivity index (χ3v) is 2.78. The molecule has 1 aromatic carbocycles. The quantitative estimate of drug-likeness (QED) is 0.631. The minimum absolute atomic E-state index is 0.245. The first-order valence-corrected chi connectivity index (χ1v) is 6.06. The Morgan fingerprint density at radius 3 is 2.53 bits per heavy atom. The van der Waals surface area contributed by atoms with E-state index >= 15 is 0 Å². The first-order chi connectivity index (χ1) is 8.80. The summed E-state index contributed by atoms with van der Waals surface area (Å²) in [6, 6.07) is 3.60. The summed E-state index contributed by atoms with van der Waals surface area (Å²) in [5.74, 6) is -0.436. The third-order valence-electron chi connectivity index (χ3n) is 2.78. The van der Waals surface area contributed by atoms with E-state index in [9.17, 15) is 4.79 Å². The Bertz CT molecular complexity index is 470. The van der Waals surface area contributed by atoms with Crippen LogP contribution < -0.4 is 11.1 Å². The minimum Gasteiger partial charge on any atom is -0.465 e. The molecule has 0 radical (unpaired) electrons. The first-order valence-electron chi connectivity index (χ1n) is 6.06. The molecule has 0 aliphatic carbocycles. The monoisotopic (exact) mass is 266 g/mol. The molecule has 0 amide bonds. The molecule has 0 saturated carbocycles. The summed E-state index contributed by atoms with van der Waals surface area (Å²) in [5.41, 5.74) is 8.12. The van der Waals surface area contributed by atoms with Gasteiger partial charge in [-0.05, 0) is 38.5 Å². The van der Waals surface area contributed by atoms with Crippen LogP contribution in [0.3, 0.4) is 0 Å². The number of nitrogens with two attached hydrogens (primary N) is 1. The summed E-state index contributed by atoms with van der Waals surface area (Å²) in [6.07, 6.45) is 0. The Labute approximate surface area is 114 Å². The molecule has 0 atom stereocenters. The molecule has 0 bridgehead atoms. The second kappa shape index (κ2) is 5.93. The van der Waals surface area contributed by atoms with Crippen molar-refractivity contribution in [2.75, 3.05) is 31.9 Å². The molecule has 0 aliphatic heterocycles. The van der Waals surface area contributed by atoms with E-state index in [1.54, 1.807) is 13.2 Å². The van der Waals surface area contributed by atoms with Crippen molar-refractivity contribution in [1.82, 2.24) is 0 Å². The summed E-state index contributed by atoms with van der Waals surface area (Å²) in [7, 11) is 2.99. The summed E-state index contributed by atoms with van der Waals surface area (Å²) in [5, 5.41) is 3.32.